The summed E-state index contributed by atoms with van der Waals surface area (Å²) in [7, 11) is 0. The highest BCUT2D eigenvalue weighted by Crippen LogP contribution is 2.40. The fraction of sp³-hybridized carbons (Fsp3) is 0.714. The number of carbonyl (C=O) groups excluding carboxylic acids is 2. The molecule has 3 aliphatic heterocycles. The molecule has 0 bridgehead atoms. The molecule has 0 spiro atoms. The van der Waals surface area contributed by atoms with Crippen molar-refractivity contribution in [2.24, 2.45) is 5.73 Å². The molecule has 4 atom stereocenters. The number of quaternary nitrogens is 1. The number of hydrogen-bond donors (Lipinski definition) is 2. The van der Waals surface area contributed by atoms with Crippen molar-refractivity contribution in [1.29, 1.82) is 0 Å². The van der Waals surface area contributed by atoms with Crippen molar-refractivity contribution in [1.82, 2.24) is 4.90 Å². The van der Waals surface area contributed by atoms with Gasteiger partial charge in [-0.2, -0.15) is 0 Å². The summed E-state index contributed by atoms with van der Waals surface area (Å²) in [6.45, 7) is 5.69. The van der Waals surface area contributed by atoms with Gasteiger partial charge in [0.2, 0.25) is 5.91 Å². The number of nitrogens with two attached hydrogens (primary N) is 1. The molecule has 3 heterocycles. The highest BCUT2D eigenvalue weighted by molar-refractivity contribution is 8.00. The van der Waals surface area contributed by atoms with Gasteiger partial charge in [-0.25, -0.2) is 0 Å². The molecule has 0 aromatic rings. The van der Waals surface area contributed by atoms with Crippen LogP contribution in [-0.4, -0.2) is 66.3 Å². The lowest BCUT2D eigenvalue weighted by Gasteiger charge is -2.49. The molecule has 3 rings (SSSR count). The van der Waals surface area contributed by atoms with Crippen molar-refractivity contribution in [2.45, 2.75) is 30.9 Å². The number of thioether (sulfide) groups is 1. The second-order valence-corrected chi connectivity index (χ2v) is 7.03. The Balaban J connectivity index is 1.78. The van der Waals surface area contributed by atoms with E-state index < -0.39 is 12.0 Å². The van der Waals surface area contributed by atoms with E-state index in [0.717, 1.165) is 25.2 Å². The maximum atomic E-state index is 11.9. The molecule has 1 amide bonds. The first-order valence-corrected chi connectivity index (χ1v) is 8.66. The number of ether oxygens (including phenoxy) is 1. The molecule has 8 heteroatoms. The monoisotopic (exact) mass is 327 g/mol. The summed E-state index contributed by atoms with van der Waals surface area (Å²) in [6.07, 6.45) is 0.529. The SMILES string of the molecule is CC[NH+]1CCOC(CC2=C(C(=O)[O-])N3C(=O)C(N)C3SC2)C1. The number of nitrogens with one attached hydrogen (secondary N) is 1. The Bertz CT molecular complexity index is 524. The van der Waals surface area contributed by atoms with Gasteiger partial charge in [-0.05, 0) is 12.5 Å². The molecule has 0 aromatic heterocycles. The molecule has 3 aliphatic rings. The average Bonchev–Trinajstić information content (AvgIpc) is 2.53. The van der Waals surface area contributed by atoms with E-state index in [0.29, 0.717) is 18.8 Å². The van der Waals surface area contributed by atoms with Crippen LogP contribution in [0.3, 0.4) is 0 Å². The molecule has 22 heavy (non-hydrogen) atoms. The summed E-state index contributed by atoms with van der Waals surface area (Å²) in [6, 6.07) is -0.605. The second kappa shape index (κ2) is 6.19. The standard InChI is InChI=1S/C14H21N3O4S/c1-2-16-3-4-21-9(6-16)5-8-7-22-13-10(15)12(18)17(13)11(8)14(19)20/h9-10,13H,2-7,15H2,1H3,(H,19,20). The fourth-order valence-corrected chi connectivity index (χ4v) is 4.61. The van der Waals surface area contributed by atoms with Crippen LogP contribution in [0, 0.1) is 0 Å². The topological polar surface area (TPSA) is 100 Å². The number of fused-ring (bicyclic) bond motifs is 1. The number of morpholine rings is 1. The van der Waals surface area contributed by atoms with E-state index >= 15 is 0 Å². The van der Waals surface area contributed by atoms with Crippen molar-refractivity contribution in [2.75, 3.05) is 32.0 Å². The van der Waals surface area contributed by atoms with Crippen LogP contribution in [0.5, 0.6) is 0 Å². The van der Waals surface area contributed by atoms with Crippen LogP contribution in [-0.2, 0) is 14.3 Å². The van der Waals surface area contributed by atoms with Crippen LogP contribution in [0.15, 0.2) is 11.3 Å². The van der Waals surface area contributed by atoms with Crippen molar-refractivity contribution in [3.8, 4) is 0 Å². The molecule has 2 fully saturated rings. The van der Waals surface area contributed by atoms with Crippen LogP contribution < -0.4 is 15.7 Å². The maximum Gasteiger partial charge on any atom is 0.248 e. The first kappa shape index (κ1) is 15.8. The van der Waals surface area contributed by atoms with E-state index in [-0.39, 0.29) is 23.1 Å². The third-order valence-corrected chi connectivity index (χ3v) is 5.94. The Hall–Kier alpha value is -1.09. The zero-order valence-electron chi connectivity index (χ0n) is 12.5. The second-order valence-electron chi connectivity index (χ2n) is 5.93. The normalized spacial score (nSPS) is 35.2. The van der Waals surface area contributed by atoms with Gasteiger partial charge < -0.3 is 25.3 Å². The summed E-state index contributed by atoms with van der Waals surface area (Å²) in [4.78, 5) is 26.1. The Labute approximate surface area is 133 Å². The number of carboxylic acid groups (broad SMARTS) is 1. The van der Waals surface area contributed by atoms with Crippen LogP contribution >= 0.6 is 11.8 Å². The van der Waals surface area contributed by atoms with Crippen molar-refractivity contribution >= 4 is 23.6 Å². The fourth-order valence-electron chi connectivity index (χ4n) is 3.30. The number of aliphatic carboxylic acids is 1. The Morgan fingerprint density at radius 3 is 3.05 bits per heavy atom. The first-order chi connectivity index (χ1) is 10.5. The smallest absolute Gasteiger partial charge is 0.248 e. The largest absolute Gasteiger partial charge is 0.543 e. The molecule has 0 saturated carbocycles. The first-order valence-electron chi connectivity index (χ1n) is 7.61. The van der Waals surface area contributed by atoms with Gasteiger partial charge in [0.1, 0.15) is 30.6 Å². The summed E-state index contributed by atoms with van der Waals surface area (Å²) >= 11 is 1.52. The third kappa shape index (κ3) is 2.64. The predicted molar refractivity (Wildman–Crippen MR) is 78.7 cm³/mol. The molecule has 0 aliphatic carbocycles. The number of carbonyl (C=O) groups is 2. The van der Waals surface area contributed by atoms with Gasteiger partial charge >= 0.3 is 0 Å². The predicted octanol–water partition coefficient (Wildman–Crippen LogP) is -3.07. The summed E-state index contributed by atoms with van der Waals surface area (Å²) in [5.41, 5.74) is 6.47. The number of carboxylic acids is 1. The lowest BCUT2D eigenvalue weighted by Crippen LogP contribution is -3.14. The summed E-state index contributed by atoms with van der Waals surface area (Å²) < 4.78 is 5.76. The molecule has 122 valence electrons. The van der Waals surface area contributed by atoms with Gasteiger partial charge in [0.15, 0.2) is 0 Å². The van der Waals surface area contributed by atoms with Gasteiger partial charge in [-0.15, -0.1) is 11.8 Å². The minimum Gasteiger partial charge on any atom is -0.543 e. The quantitative estimate of drug-likeness (QED) is 0.532. The van der Waals surface area contributed by atoms with Crippen LogP contribution in [0.25, 0.3) is 0 Å². The Kier molecular flexibility index (Phi) is 4.44. The number of likely N-dealkylation sites (N-methyl/N-ethyl adjacent to an activating group) is 1. The molecule has 3 N–H and O–H groups in total. The highest BCUT2D eigenvalue weighted by atomic mass is 32.2. The summed E-state index contributed by atoms with van der Waals surface area (Å²) in [5, 5.41) is 11.2. The molecule has 0 radical (unpaired) electrons. The van der Waals surface area contributed by atoms with Crippen LogP contribution in [0.1, 0.15) is 13.3 Å². The van der Waals surface area contributed by atoms with E-state index in [9.17, 15) is 14.7 Å². The highest BCUT2D eigenvalue weighted by Gasteiger charge is 2.50. The molecule has 4 unspecified atom stereocenters. The molecular formula is C14H21N3O4S. The Morgan fingerprint density at radius 2 is 2.36 bits per heavy atom. The third-order valence-electron chi connectivity index (χ3n) is 4.58. The van der Waals surface area contributed by atoms with Gasteiger partial charge in [-0.3, -0.25) is 9.69 Å². The minimum atomic E-state index is -1.30. The average molecular weight is 327 g/mol. The van der Waals surface area contributed by atoms with Gasteiger partial charge in [0.05, 0.1) is 24.8 Å². The van der Waals surface area contributed by atoms with E-state index in [1.165, 1.54) is 21.6 Å². The summed E-state index contributed by atoms with van der Waals surface area (Å²) in [5.74, 6) is -1.07. The lowest BCUT2D eigenvalue weighted by molar-refractivity contribution is -0.910. The number of rotatable bonds is 4. The van der Waals surface area contributed by atoms with Gasteiger partial charge in [0.25, 0.3) is 0 Å². The van der Waals surface area contributed by atoms with E-state index in [1.807, 2.05) is 0 Å². The molecular weight excluding hydrogens is 306 g/mol. The number of hydrogen-bond acceptors (Lipinski definition) is 6. The van der Waals surface area contributed by atoms with Gasteiger partial charge in [-0.1, -0.05) is 0 Å². The molecule has 2 saturated heterocycles. The van der Waals surface area contributed by atoms with Crippen LogP contribution in [0.4, 0.5) is 0 Å². The lowest BCUT2D eigenvalue weighted by atomic mass is 10.00. The van der Waals surface area contributed by atoms with Crippen LogP contribution in [0.2, 0.25) is 0 Å². The molecule has 7 nitrogen and oxygen atoms in total. The van der Waals surface area contributed by atoms with Crippen molar-refractivity contribution in [3.05, 3.63) is 11.3 Å². The van der Waals surface area contributed by atoms with Gasteiger partial charge in [0, 0.05) is 12.2 Å². The number of nitrogens with zero attached hydrogens (tertiary/aromatic N) is 1. The van der Waals surface area contributed by atoms with E-state index in [2.05, 4.69) is 6.92 Å². The Morgan fingerprint density at radius 1 is 1.59 bits per heavy atom. The van der Waals surface area contributed by atoms with Crippen molar-refractivity contribution in [3.63, 3.8) is 0 Å². The molecule has 0 aromatic carbocycles. The maximum absolute atomic E-state index is 11.9. The van der Waals surface area contributed by atoms with E-state index in [1.54, 1.807) is 0 Å². The number of β-lactam (4-membered cyclic amide) rings is 1. The zero-order valence-corrected chi connectivity index (χ0v) is 13.4. The number of amides is 1. The minimum absolute atomic E-state index is 0.00440. The zero-order chi connectivity index (χ0) is 15.9. The van der Waals surface area contributed by atoms with Crippen molar-refractivity contribution < 1.29 is 24.3 Å². The van der Waals surface area contributed by atoms with E-state index in [4.69, 9.17) is 10.5 Å².